The van der Waals surface area contributed by atoms with Crippen molar-refractivity contribution in [2.45, 2.75) is 24.5 Å². The maximum Gasteiger partial charge on any atom is 0.466 e. The molecule has 0 radical (unpaired) electrons. The van der Waals surface area contributed by atoms with Crippen LogP contribution < -0.4 is 11.4 Å². The number of aliphatic hydroxyl groups excluding tert-OH is 4. The molecule has 1 fully saturated rings. The average molecular weight is 445 g/mol. The molecule has 1 aliphatic rings. The molecule has 0 aromatic carbocycles. The maximum absolute atomic E-state index is 11.5. The van der Waals surface area contributed by atoms with Crippen molar-refractivity contribution < 1.29 is 48.9 Å². The number of aliphatic hydroxyl groups is 4. The zero-order chi connectivity index (χ0) is 23.0. The molecule has 0 spiro atoms. The number of aromatic nitrogens is 2. The number of phosphoric acid groups is 1. The molecule has 2 rings (SSSR count). The Hall–Kier alpha value is -1.45. The summed E-state index contributed by atoms with van der Waals surface area (Å²) in [6, 6.07) is 1.37. The van der Waals surface area contributed by atoms with E-state index in [9.17, 15) is 15.0 Å². The van der Waals surface area contributed by atoms with Gasteiger partial charge in [0, 0.05) is 6.20 Å². The van der Waals surface area contributed by atoms with E-state index in [4.69, 9.17) is 39.9 Å². The molecule has 1 aromatic heterocycles. The van der Waals surface area contributed by atoms with Crippen LogP contribution in [0, 0.1) is 0 Å². The maximum atomic E-state index is 11.5. The van der Waals surface area contributed by atoms with E-state index in [1.54, 1.807) is 0 Å². The topological polar surface area (TPSA) is 229 Å². The third kappa shape index (κ3) is 11.3. The SMILES string of the molecule is C[N+](C)(C)CCO.Nc1ccn([C@@H]2O[C@H](CO)[C@@H](O)[C@H]2O)c(=O)n1.O=P(O)(O)O. The van der Waals surface area contributed by atoms with E-state index in [0.29, 0.717) is 0 Å². The number of nitrogens with zero attached hydrogens (tertiary/aromatic N) is 3. The molecule has 9 N–H and O–H groups in total. The Morgan fingerprint density at radius 1 is 1.21 bits per heavy atom. The number of likely N-dealkylation sites (N-methyl/N-ethyl adjacent to an activating group) is 1. The third-order valence-electron chi connectivity index (χ3n) is 3.41. The standard InChI is InChI=1S/C9H13N3O5.C5H14NO.H3O4P/c10-5-1-2-12(9(16)11-5)8-7(15)6(14)4(3-13)17-8;1-6(2,3)4-5-7;1-5(2,3)4/h1-2,4,6-8,13-15H,3H2,(H2,10,11,16);7H,4-5H2,1-3H3;(H3,1,2,3,4)/q;+1;/t4-,6-,7-,8-;;/m1../s1. The third-order valence-corrected chi connectivity index (χ3v) is 3.41. The number of ether oxygens (including phenoxy) is 1. The van der Waals surface area contributed by atoms with Gasteiger partial charge in [0.1, 0.15) is 30.7 Å². The van der Waals surface area contributed by atoms with Gasteiger partial charge in [0.05, 0.1) is 34.4 Å². The molecule has 0 amide bonds. The Kier molecular flexibility index (Phi) is 11.1. The first kappa shape index (κ1) is 27.5. The van der Waals surface area contributed by atoms with Crippen LogP contribution in [0.5, 0.6) is 0 Å². The molecule has 1 aromatic rings. The quantitative estimate of drug-likeness (QED) is 0.165. The summed E-state index contributed by atoms with van der Waals surface area (Å²) in [5.41, 5.74) is 4.63. The molecule has 1 saturated heterocycles. The van der Waals surface area contributed by atoms with Crippen LogP contribution in [0.15, 0.2) is 17.1 Å². The Morgan fingerprint density at radius 2 is 1.72 bits per heavy atom. The lowest BCUT2D eigenvalue weighted by Crippen LogP contribution is -2.36. The molecule has 14 nitrogen and oxygen atoms in total. The molecule has 1 aliphatic heterocycles. The van der Waals surface area contributed by atoms with Crippen molar-refractivity contribution in [3.8, 4) is 0 Å². The molecular formula is C14H30N4O10P+. The first-order valence-corrected chi connectivity index (χ1v) is 9.84. The van der Waals surface area contributed by atoms with Crippen LogP contribution in [0.1, 0.15) is 6.23 Å². The van der Waals surface area contributed by atoms with Gasteiger partial charge in [-0.1, -0.05) is 0 Å². The van der Waals surface area contributed by atoms with Gasteiger partial charge in [0.15, 0.2) is 6.23 Å². The summed E-state index contributed by atoms with van der Waals surface area (Å²) in [6.45, 7) is 0.662. The van der Waals surface area contributed by atoms with Gasteiger partial charge in [-0.15, -0.1) is 0 Å². The highest BCUT2D eigenvalue weighted by Crippen LogP contribution is 2.28. The van der Waals surface area contributed by atoms with Crippen LogP contribution in [-0.2, 0) is 9.30 Å². The van der Waals surface area contributed by atoms with E-state index in [0.717, 1.165) is 15.6 Å². The van der Waals surface area contributed by atoms with Gasteiger partial charge in [0.25, 0.3) is 0 Å². The Balaban J connectivity index is 0.000000543. The van der Waals surface area contributed by atoms with E-state index in [-0.39, 0.29) is 12.4 Å². The minimum Gasteiger partial charge on any atom is -0.394 e. The number of hydrogen-bond acceptors (Lipinski definition) is 9. The van der Waals surface area contributed by atoms with Crippen LogP contribution in [-0.4, -0.2) is 108 Å². The zero-order valence-corrected chi connectivity index (χ0v) is 17.2. The second-order valence-electron chi connectivity index (χ2n) is 7.02. The minimum absolute atomic E-state index is 0.0537. The summed E-state index contributed by atoms with van der Waals surface area (Å²) in [5, 5.41) is 36.5. The fraction of sp³-hybridized carbons (Fsp3) is 0.714. The fourth-order valence-corrected chi connectivity index (χ4v) is 2.03. The van der Waals surface area contributed by atoms with Crippen LogP contribution in [0.2, 0.25) is 0 Å². The number of quaternary nitrogens is 1. The molecular weight excluding hydrogens is 415 g/mol. The predicted molar refractivity (Wildman–Crippen MR) is 100 cm³/mol. The van der Waals surface area contributed by atoms with E-state index in [1.807, 2.05) is 0 Å². The van der Waals surface area contributed by atoms with Gasteiger partial charge in [0.2, 0.25) is 0 Å². The molecule has 0 aliphatic carbocycles. The summed E-state index contributed by atoms with van der Waals surface area (Å²) < 4.78 is 15.9. The first-order chi connectivity index (χ1) is 13.1. The summed E-state index contributed by atoms with van der Waals surface area (Å²) in [5.74, 6) is 0.0537. The van der Waals surface area contributed by atoms with E-state index in [1.165, 1.54) is 12.3 Å². The number of nitrogen functional groups attached to an aromatic ring is 1. The van der Waals surface area contributed by atoms with E-state index < -0.39 is 44.7 Å². The van der Waals surface area contributed by atoms with Crippen molar-refractivity contribution in [1.29, 1.82) is 0 Å². The van der Waals surface area contributed by atoms with Crippen molar-refractivity contribution in [2.24, 2.45) is 0 Å². The number of nitrogens with two attached hydrogens (primary N) is 1. The Morgan fingerprint density at radius 3 is 2.03 bits per heavy atom. The highest BCUT2D eigenvalue weighted by atomic mass is 31.2. The van der Waals surface area contributed by atoms with Gasteiger partial charge in [-0.25, -0.2) is 9.36 Å². The summed E-state index contributed by atoms with van der Waals surface area (Å²) >= 11 is 0. The lowest BCUT2D eigenvalue weighted by Gasteiger charge is -2.21. The molecule has 29 heavy (non-hydrogen) atoms. The fourth-order valence-electron chi connectivity index (χ4n) is 2.03. The van der Waals surface area contributed by atoms with Crippen molar-refractivity contribution in [1.82, 2.24) is 9.55 Å². The van der Waals surface area contributed by atoms with Gasteiger partial charge in [-0.2, -0.15) is 4.98 Å². The number of hydrogen-bond donors (Lipinski definition) is 8. The van der Waals surface area contributed by atoms with Crippen molar-refractivity contribution >= 4 is 13.6 Å². The van der Waals surface area contributed by atoms with Crippen LogP contribution in [0.4, 0.5) is 5.82 Å². The van der Waals surface area contributed by atoms with Gasteiger partial charge >= 0.3 is 13.5 Å². The monoisotopic (exact) mass is 445 g/mol. The normalized spacial score (nSPS) is 24.2. The number of rotatable bonds is 4. The lowest BCUT2D eigenvalue weighted by molar-refractivity contribution is -0.870. The zero-order valence-electron chi connectivity index (χ0n) is 16.3. The molecule has 0 bridgehead atoms. The summed E-state index contributed by atoms with van der Waals surface area (Å²) in [7, 11) is 1.52. The molecule has 15 heteroatoms. The van der Waals surface area contributed by atoms with Gasteiger partial charge < -0.3 is 50.1 Å². The molecule has 170 valence electrons. The summed E-state index contributed by atoms with van der Waals surface area (Å²) in [6.07, 6.45) is -3.27. The number of anilines is 1. The van der Waals surface area contributed by atoms with Crippen LogP contribution in [0.3, 0.4) is 0 Å². The van der Waals surface area contributed by atoms with Crippen LogP contribution in [0.25, 0.3) is 0 Å². The van der Waals surface area contributed by atoms with Crippen molar-refractivity contribution in [3.63, 3.8) is 0 Å². The Bertz CT molecular complexity index is 711. The largest absolute Gasteiger partial charge is 0.466 e. The van der Waals surface area contributed by atoms with E-state index in [2.05, 4.69) is 26.1 Å². The second-order valence-corrected chi connectivity index (χ2v) is 8.05. The predicted octanol–water partition coefficient (Wildman–Crippen LogP) is -3.81. The smallest absolute Gasteiger partial charge is 0.394 e. The average Bonchev–Trinajstić information content (AvgIpc) is 2.81. The second kappa shape index (κ2) is 11.7. The molecule has 4 atom stereocenters. The van der Waals surface area contributed by atoms with Gasteiger partial charge in [-0.3, -0.25) is 4.57 Å². The van der Waals surface area contributed by atoms with Gasteiger partial charge in [-0.05, 0) is 6.07 Å². The Labute approximate surface area is 166 Å². The summed E-state index contributed by atoms with van der Waals surface area (Å²) in [4.78, 5) is 36.6. The van der Waals surface area contributed by atoms with Crippen LogP contribution >= 0.6 is 7.82 Å². The highest BCUT2D eigenvalue weighted by Gasteiger charge is 2.43. The molecule has 2 heterocycles. The molecule has 0 saturated carbocycles. The lowest BCUT2D eigenvalue weighted by atomic mass is 10.1. The molecule has 0 unspecified atom stereocenters. The minimum atomic E-state index is -4.64. The highest BCUT2D eigenvalue weighted by molar-refractivity contribution is 7.45. The van der Waals surface area contributed by atoms with Crippen molar-refractivity contribution in [2.75, 3.05) is 46.6 Å². The van der Waals surface area contributed by atoms with E-state index >= 15 is 0 Å². The van der Waals surface area contributed by atoms with Crippen molar-refractivity contribution in [3.05, 3.63) is 22.7 Å². The first-order valence-electron chi connectivity index (χ1n) is 8.27.